The van der Waals surface area contributed by atoms with Crippen molar-refractivity contribution in [2.45, 2.75) is 5.16 Å². The Hall–Kier alpha value is -3.19. The molecular formula is C20H16N4O2S. The topological polar surface area (TPSA) is 69.8 Å². The molecular weight excluding hydrogens is 360 g/mol. The highest BCUT2D eigenvalue weighted by atomic mass is 32.2. The molecule has 0 saturated heterocycles. The van der Waals surface area contributed by atoms with E-state index in [4.69, 9.17) is 0 Å². The molecule has 0 fully saturated rings. The van der Waals surface area contributed by atoms with Crippen LogP contribution in [0.15, 0.2) is 76.8 Å². The molecule has 4 aromatic rings. The van der Waals surface area contributed by atoms with Crippen LogP contribution in [0.3, 0.4) is 0 Å². The van der Waals surface area contributed by atoms with Crippen LogP contribution in [0.4, 0.5) is 0 Å². The number of ketones is 1. The summed E-state index contributed by atoms with van der Waals surface area (Å²) in [7, 11) is 1.74. The molecule has 0 aliphatic rings. The Morgan fingerprint density at radius 2 is 1.70 bits per heavy atom. The van der Waals surface area contributed by atoms with Gasteiger partial charge >= 0.3 is 0 Å². The van der Waals surface area contributed by atoms with Crippen molar-refractivity contribution in [1.82, 2.24) is 19.3 Å². The SMILES string of the molecule is Cn1ncc2c(=O)n(-c3ccccc3)c(SCC(=O)c3ccccc3)nc21. The molecule has 0 spiro atoms. The molecule has 0 aliphatic heterocycles. The lowest BCUT2D eigenvalue weighted by Crippen LogP contribution is -2.22. The number of fused-ring (bicyclic) bond motifs is 1. The first-order chi connectivity index (χ1) is 13.1. The summed E-state index contributed by atoms with van der Waals surface area (Å²) in [6, 6.07) is 18.4. The van der Waals surface area contributed by atoms with E-state index in [0.29, 0.717) is 27.4 Å². The van der Waals surface area contributed by atoms with E-state index in [9.17, 15) is 9.59 Å². The maximum absolute atomic E-state index is 13.0. The Morgan fingerprint density at radius 3 is 2.41 bits per heavy atom. The minimum atomic E-state index is -0.200. The molecule has 2 aromatic heterocycles. The molecule has 6 nitrogen and oxygen atoms in total. The van der Waals surface area contributed by atoms with Gasteiger partial charge in [0.25, 0.3) is 5.56 Å². The lowest BCUT2D eigenvalue weighted by atomic mass is 10.2. The third kappa shape index (κ3) is 3.29. The van der Waals surface area contributed by atoms with Gasteiger partial charge in [-0.1, -0.05) is 60.3 Å². The second-order valence-corrected chi connectivity index (χ2v) is 6.90. The van der Waals surface area contributed by atoms with Crippen molar-refractivity contribution in [2.24, 2.45) is 7.05 Å². The predicted molar refractivity (Wildman–Crippen MR) is 106 cm³/mol. The Bertz CT molecular complexity index is 1170. The van der Waals surface area contributed by atoms with Gasteiger partial charge in [-0.3, -0.25) is 18.8 Å². The van der Waals surface area contributed by atoms with Crippen LogP contribution >= 0.6 is 11.8 Å². The second kappa shape index (κ2) is 7.20. The molecule has 0 radical (unpaired) electrons. The molecule has 0 bridgehead atoms. The first-order valence-electron chi connectivity index (χ1n) is 8.36. The minimum Gasteiger partial charge on any atom is -0.293 e. The zero-order valence-corrected chi connectivity index (χ0v) is 15.4. The standard InChI is InChI=1S/C20H16N4O2S/c1-23-18-16(12-21-23)19(26)24(15-10-6-3-7-11-15)20(22-18)27-13-17(25)14-8-4-2-5-9-14/h2-12H,13H2,1H3. The summed E-state index contributed by atoms with van der Waals surface area (Å²) in [6.45, 7) is 0. The highest BCUT2D eigenvalue weighted by Gasteiger charge is 2.17. The summed E-state index contributed by atoms with van der Waals surface area (Å²) >= 11 is 1.25. The van der Waals surface area contributed by atoms with E-state index in [0.717, 1.165) is 0 Å². The van der Waals surface area contributed by atoms with Gasteiger partial charge in [-0.05, 0) is 12.1 Å². The smallest absolute Gasteiger partial charge is 0.269 e. The van der Waals surface area contributed by atoms with E-state index in [1.807, 2.05) is 48.5 Å². The summed E-state index contributed by atoms with van der Waals surface area (Å²) in [4.78, 5) is 30.1. The number of hydrogen-bond acceptors (Lipinski definition) is 5. The van der Waals surface area contributed by atoms with E-state index >= 15 is 0 Å². The van der Waals surface area contributed by atoms with Crippen molar-refractivity contribution in [2.75, 3.05) is 5.75 Å². The van der Waals surface area contributed by atoms with Gasteiger partial charge in [-0.2, -0.15) is 5.10 Å². The number of aromatic nitrogens is 4. The first kappa shape index (κ1) is 17.2. The van der Waals surface area contributed by atoms with Crippen LogP contribution in [0.25, 0.3) is 16.7 Å². The van der Waals surface area contributed by atoms with Gasteiger partial charge in [-0.25, -0.2) is 4.98 Å². The number of benzene rings is 2. The fraction of sp³-hybridized carbons (Fsp3) is 0.100. The van der Waals surface area contributed by atoms with Crippen molar-refractivity contribution in [3.05, 3.63) is 82.8 Å². The lowest BCUT2D eigenvalue weighted by Gasteiger charge is -2.12. The second-order valence-electron chi connectivity index (χ2n) is 5.95. The van der Waals surface area contributed by atoms with Crippen LogP contribution in [-0.4, -0.2) is 30.9 Å². The third-order valence-corrected chi connectivity index (χ3v) is 5.11. The summed E-state index contributed by atoms with van der Waals surface area (Å²) in [5, 5.41) is 5.05. The van der Waals surface area contributed by atoms with E-state index < -0.39 is 0 Å². The molecule has 4 rings (SSSR count). The summed E-state index contributed by atoms with van der Waals surface area (Å²) in [5.41, 5.74) is 1.64. The minimum absolute atomic E-state index is 0.0143. The Kier molecular flexibility index (Phi) is 4.60. The van der Waals surface area contributed by atoms with Crippen molar-refractivity contribution in [3.63, 3.8) is 0 Å². The normalized spacial score (nSPS) is 11.0. The lowest BCUT2D eigenvalue weighted by molar-refractivity contribution is 0.102. The molecule has 0 saturated carbocycles. The van der Waals surface area contributed by atoms with E-state index in [1.165, 1.54) is 22.5 Å². The highest BCUT2D eigenvalue weighted by molar-refractivity contribution is 7.99. The molecule has 0 atom stereocenters. The molecule has 0 unspecified atom stereocenters. The molecule has 2 heterocycles. The summed E-state index contributed by atoms with van der Waals surface area (Å²) in [5.74, 6) is 0.173. The molecule has 27 heavy (non-hydrogen) atoms. The van der Waals surface area contributed by atoms with Crippen molar-refractivity contribution in [3.8, 4) is 5.69 Å². The average Bonchev–Trinajstić information content (AvgIpc) is 3.08. The quantitative estimate of drug-likeness (QED) is 0.304. The van der Waals surface area contributed by atoms with E-state index in [1.54, 1.807) is 23.9 Å². The van der Waals surface area contributed by atoms with E-state index in [-0.39, 0.29) is 17.1 Å². The maximum Gasteiger partial charge on any atom is 0.269 e. The molecule has 0 N–H and O–H groups in total. The van der Waals surface area contributed by atoms with Gasteiger partial charge in [0.2, 0.25) is 0 Å². The fourth-order valence-electron chi connectivity index (χ4n) is 2.80. The van der Waals surface area contributed by atoms with E-state index in [2.05, 4.69) is 10.1 Å². The first-order valence-corrected chi connectivity index (χ1v) is 9.35. The van der Waals surface area contributed by atoms with Crippen LogP contribution in [0.2, 0.25) is 0 Å². The number of rotatable bonds is 5. The summed E-state index contributed by atoms with van der Waals surface area (Å²) < 4.78 is 3.10. The van der Waals surface area contributed by atoms with Gasteiger partial charge in [0, 0.05) is 12.6 Å². The van der Waals surface area contributed by atoms with Gasteiger partial charge in [-0.15, -0.1) is 0 Å². The number of thioether (sulfide) groups is 1. The van der Waals surface area contributed by atoms with Crippen molar-refractivity contribution < 1.29 is 4.79 Å². The van der Waals surface area contributed by atoms with Gasteiger partial charge in [0.1, 0.15) is 5.39 Å². The van der Waals surface area contributed by atoms with Gasteiger partial charge in [0.05, 0.1) is 17.6 Å². The number of carbonyl (C=O) groups is 1. The molecule has 7 heteroatoms. The Labute approximate surface area is 159 Å². The number of aryl methyl sites for hydroxylation is 1. The Balaban J connectivity index is 1.77. The zero-order chi connectivity index (χ0) is 18.8. The monoisotopic (exact) mass is 376 g/mol. The van der Waals surface area contributed by atoms with Crippen LogP contribution in [0.1, 0.15) is 10.4 Å². The number of Topliss-reactive ketones (excluding diaryl/α,β-unsaturated/α-hetero) is 1. The third-order valence-electron chi connectivity index (χ3n) is 4.18. The van der Waals surface area contributed by atoms with Crippen LogP contribution < -0.4 is 5.56 Å². The highest BCUT2D eigenvalue weighted by Crippen LogP contribution is 2.22. The molecule has 0 aliphatic carbocycles. The number of carbonyl (C=O) groups excluding carboxylic acids is 1. The molecule has 0 amide bonds. The number of para-hydroxylation sites is 1. The predicted octanol–water partition coefficient (Wildman–Crippen LogP) is 3.09. The average molecular weight is 376 g/mol. The molecule has 134 valence electrons. The zero-order valence-electron chi connectivity index (χ0n) is 14.6. The largest absolute Gasteiger partial charge is 0.293 e. The molecule has 2 aromatic carbocycles. The number of hydrogen-bond donors (Lipinski definition) is 0. The van der Waals surface area contributed by atoms with Crippen molar-refractivity contribution in [1.29, 1.82) is 0 Å². The van der Waals surface area contributed by atoms with Crippen LogP contribution in [0.5, 0.6) is 0 Å². The van der Waals surface area contributed by atoms with Crippen LogP contribution in [-0.2, 0) is 7.05 Å². The van der Waals surface area contributed by atoms with Crippen LogP contribution in [0, 0.1) is 0 Å². The van der Waals surface area contributed by atoms with Crippen molar-refractivity contribution >= 4 is 28.6 Å². The van der Waals surface area contributed by atoms with Gasteiger partial charge < -0.3 is 0 Å². The maximum atomic E-state index is 13.0. The number of nitrogens with zero attached hydrogens (tertiary/aromatic N) is 4. The Morgan fingerprint density at radius 1 is 1.04 bits per heavy atom. The fourth-order valence-corrected chi connectivity index (χ4v) is 3.70. The summed E-state index contributed by atoms with van der Waals surface area (Å²) in [6.07, 6.45) is 1.52. The van der Waals surface area contributed by atoms with Gasteiger partial charge in [0.15, 0.2) is 16.6 Å².